The van der Waals surface area contributed by atoms with Gasteiger partial charge in [-0.2, -0.15) is 0 Å². The largest absolute Gasteiger partial charge is 0.480 e. The minimum Gasteiger partial charge on any atom is -0.480 e. The number of halogens is 1. The fourth-order valence-electron chi connectivity index (χ4n) is 3.88. The number of nitrogens with one attached hydrogen (secondary N) is 1. The van der Waals surface area contributed by atoms with Gasteiger partial charge in [0, 0.05) is 60.4 Å². The molecular formula is C21H22ClN3O2. The van der Waals surface area contributed by atoms with Crippen molar-refractivity contribution >= 4 is 28.5 Å². The van der Waals surface area contributed by atoms with Crippen molar-refractivity contribution in [2.75, 3.05) is 26.2 Å². The van der Waals surface area contributed by atoms with Crippen LogP contribution in [-0.4, -0.2) is 52.0 Å². The Labute approximate surface area is 163 Å². The number of aromatic amines is 1. The van der Waals surface area contributed by atoms with E-state index in [4.69, 9.17) is 11.6 Å². The van der Waals surface area contributed by atoms with Crippen molar-refractivity contribution in [3.63, 3.8) is 0 Å². The molecule has 140 valence electrons. The predicted octanol–water partition coefficient (Wildman–Crippen LogP) is 3.76. The number of fused-ring (bicyclic) bond motifs is 1. The van der Waals surface area contributed by atoms with Gasteiger partial charge in [0.05, 0.1) is 0 Å². The van der Waals surface area contributed by atoms with Crippen molar-refractivity contribution in [2.45, 2.75) is 12.6 Å². The van der Waals surface area contributed by atoms with Crippen LogP contribution in [0.15, 0.2) is 54.7 Å². The predicted molar refractivity (Wildman–Crippen MR) is 107 cm³/mol. The molecule has 0 amide bonds. The average Bonchev–Trinajstić information content (AvgIpc) is 3.07. The lowest BCUT2D eigenvalue weighted by Gasteiger charge is -2.37. The maximum Gasteiger partial charge on any atom is 0.325 e. The van der Waals surface area contributed by atoms with Crippen LogP contribution in [0.4, 0.5) is 0 Å². The maximum atomic E-state index is 12.1. The molecule has 0 radical (unpaired) electrons. The first-order chi connectivity index (χ1) is 13.1. The van der Waals surface area contributed by atoms with Crippen LogP contribution in [0.25, 0.3) is 10.9 Å². The second kappa shape index (κ2) is 7.72. The van der Waals surface area contributed by atoms with E-state index in [0.29, 0.717) is 0 Å². The number of hydrogen-bond acceptors (Lipinski definition) is 3. The molecule has 1 aliphatic heterocycles. The molecular weight excluding hydrogens is 362 g/mol. The molecule has 2 heterocycles. The van der Waals surface area contributed by atoms with E-state index in [1.165, 1.54) is 5.56 Å². The molecule has 0 unspecified atom stereocenters. The zero-order valence-corrected chi connectivity index (χ0v) is 15.7. The van der Waals surface area contributed by atoms with Gasteiger partial charge in [-0.25, -0.2) is 0 Å². The van der Waals surface area contributed by atoms with Gasteiger partial charge in [-0.05, 0) is 23.8 Å². The Balaban J connectivity index is 1.47. The van der Waals surface area contributed by atoms with E-state index in [1.807, 2.05) is 48.7 Å². The molecule has 6 heteroatoms. The Kier molecular flexibility index (Phi) is 5.16. The van der Waals surface area contributed by atoms with Crippen molar-refractivity contribution in [1.29, 1.82) is 0 Å². The Morgan fingerprint density at radius 1 is 1.11 bits per heavy atom. The van der Waals surface area contributed by atoms with E-state index in [-0.39, 0.29) is 0 Å². The van der Waals surface area contributed by atoms with Gasteiger partial charge in [0.2, 0.25) is 0 Å². The molecule has 2 N–H and O–H groups in total. The van der Waals surface area contributed by atoms with E-state index in [2.05, 4.69) is 20.9 Å². The van der Waals surface area contributed by atoms with E-state index < -0.39 is 12.0 Å². The summed E-state index contributed by atoms with van der Waals surface area (Å²) in [5.74, 6) is -0.803. The second-order valence-corrected chi connectivity index (χ2v) is 7.41. The van der Waals surface area contributed by atoms with Crippen LogP contribution >= 0.6 is 11.6 Å². The lowest BCUT2D eigenvalue weighted by atomic mass is 10.0. The lowest BCUT2D eigenvalue weighted by molar-refractivity contribution is -0.144. The van der Waals surface area contributed by atoms with Gasteiger partial charge in [0.25, 0.3) is 0 Å². The number of carboxylic acids is 1. The van der Waals surface area contributed by atoms with Gasteiger partial charge in [-0.1, -0.05) is 41.9 Å². The van der Waals surface area contributed by atoms with Gasteiger partial charge in [0.15, 0.2) is 0 Å². The van der Waals surface area contributed by atoms with Crippen LogP contribution in [0.5, 0.6) is 0 Å². The van der Waals surface area contributed by atoms with E-state index in [0.717, 1.165) is 54.2 Å². The first-order valence-electron chi connectivity index (χ1n) is 9.11. The van der Waals surface area contributed by atoms with Crippen LogP contribution < -0.4 is 0 Å². The van der Waals surface area contributed by atoms with Crippen LogP contribution in [0.2, 0.25) is 5.02 Å². The number of para-hydroxylation sites is 1. The molecule has 2 aromatic carbocycles. The molecule has 0 aliphatic carbocycles. The van der Waals surface area contributed by atoms with Gasteiger partial charge in [0.1, 0.15) is 6.04 Å². The molecule has 1 aliphatic rings. The smallest absolute Gasteiger partial charge is 0.325 e. The Hall–Kier alpha value is -2.34. The fraction of sp³-hybridized carbons (Fsp3) is 0.286. The minimum absolute atomic E-state index is 0.630. The first kappa shape index (κ1) is 18.0. The number of aliphatic carboxylic acids is 1. The molecule has 5 nitrogen and oxygen atoms in total. The number of benzene rings is 2. The van der Waals surface area contributed by atoms with Crippen LogP contribution in [0.3, 0.4) is 0 Å². The molecule has 3 aromatic rings. The second-order valence-electron chi connectivity index (χ2n) is 6.97. The summed E-state index contributed by atoms with van der Waals surface area (Å²) >= 11 is 6.07. The third kappa shape index (κ3) is 3.86. The highest BCUT2D eigenvalue weighted by molar-refractivity contribution is 6.30. The lowest BCUT2D eigenvalue weighted by Crippen LogP contribution is -2.48. The van der Waals surface area contributed by atoms with E-state index in [9.17, 15) is 9.90 Å². The Morgan fingerprint density at radius 3 is 2.63 bits per heavy atom. The highest BCUT2D eigenvalue weighted by Gasteiger charge is 2.32. The van der Waals surface area contributed by atoms with E-state index >= 15 is 0 Å². The molecule has 0 spiro atoms. The summed E-state index contributed by atoms with van der Waals surface area (Å²) in [6.07, 6.45) is 1.84. The SMILES string of the molecule is O=C(O)[C@H](c1c[nH]c2ccccc12)N1CCN(Cc2cccc(Cl)c2)CC1. The molecule has 1 saturated heterocycles. The maximum absolute atomic E-state index is 12.1. The van der Waals surface area contributed by atoms with Crippen molar-refractivity contribution in [2.24, 2.45) is 0 Å². The van der Waals surface area contributed by atoms with Crippen molar-refractivity contribution < 1.29 is 9.90 Å². The zero-order valence-electron chi connectivity index (χ0n) is 14.9. The summed E-state index contributed by atoms with van der Waals surface area (Å²) in [5.41, 5.74) is 2.99. The highest BCUT2D eigenvalue weighted by atomic mass is 35.5. The third-order valence-corrected chi connectivity index (χ3v) is 5.45. The average molecular weight is 384 g/mol. The number of hydrogen-bond donors (Lipinski definition) is 2. The summed E-state index contributed by atoms with van der Waals surface area (Å²) in [6, 6.07) is 15.1. The standard InChI is InChI=1S/C21H22ClN3O2/c22-16-5-3-4-15(12-16)14-24-8-10-25(11-9-24)20(21(26)27)18-13-23-19-7-2-1-6-17(18)19/h1-7,12-13,20,23H,8-11,14H2,(H,26,27)/t20-/m0/s1. The Morgan fingerprint density at radius 2 is 1.89 bits per heavy atom. The molecule has 4 rings (SSSR count). The van der Waals surface area contributed by atoms with Gasteiger partial charge < -0.3 is 10.1 Å². The number of H-pyrrole nitrogens is 1. The third-order valence-electron chi connectivity index (χ3n) is 5.22. The minimum atomic E-state index is -0.803. The first-order valence-corrected chi connectivity index (χ1v) is 9.49. The quantitative estimate of drug-likeness (QED) is 0.704. The molecule has 0 saturated carbocycles. The summed E-state index contributed by atoms with van der Waals surface area (Å²) in [5, 5.41) is 11.6. The van der Waals surface area contributed by atoms with Crippen molar-refractivity contribution in [3.8, 4) is 0 Å². The van der Waals surface area contributed by atoms with E-state index in [1.54, 1.807) is 0 Å². The number of nitrogens with zero attached hydrogens (tertiary/aromatic N) is 2. The van der Waals surface area contributed by atoms with Crippen molar-refractivity contribution in [3.05, 3.63) is 70.9 Å². The van der Waals surface area contributed by atoms with Gasteiger partial charge >= 0.3 is 5.97 Å². The Bertz CT molecular complexity index is 947. The number of aromatic nitrogens is 1. The topological polar surface area (TPSA) is 59.6 Å². The molecule has 0 bridgehead atoms. The molecule has 27 heavy (non-hydrogen) atoms. The number of piperazine rings is 1. The number of rotatable bonds is 5. The summed E-state index contributed by atoms with van der Waals surface area (Å²) in [7, 11) is 0. The van der Waals surface area contributed by atoms with Crippen LogP contribution in [0.1, 0.15) is 17.2 Å². The summed E-state index contributed by atoms with van der Waals surface area (Å²) in [4.78, 5) is 19.7. The monoisotopic (exact) mass is 383 g/mol. The van der Waals surface area contributed by atoms with Gasteiger partial charge in [-0.3, -0.25) is 14.6 Å². The highest BCUT2D eigenvalue weighted by Crippen LogP contribution is 2.29. The molecule has 1 fully saturated rings. The summed E-state index contributed by atoms with van der Waals surface area (Å²) in [6.45, 7) is 3.94. The van der Waals surface area contributed by atoms with Crippen LogP contribution in [-0.2, 0) is 11.3 Å². The van der Waals surface area contributed by atoms with Crippen LogP contribution in [0, 0.1) is 0 Å². The number of carbonyl (C=O) groups is 1. The normalized spacial score (nSPS) is 17.2. The van der Waals surface area contributed by atoms with Gasteiger partial charge in [-0.15, -0.1) is 0 Å². The number of carboxylic acid groups (broad SMARTS) is 1. The van der Waals surface area contributed by atoms with Crippen molar-refractivity contribution in [1.82, 2.24) is 14.8 Å². The molecule has 1 aromatic heterocycles. The summed E-state index contributed by atoms with van der Waals surface area (Å²) < 4.78 is 0. The molecule has 1 atom stereocenters. The fourth-order valence-corrected chi connectivity index (χ4v) is 4.09. The zero-order chi connectivity index (χ0) is 18.8.